The number of ether oxygens (including phenoxy) is 3. The van der Waals surface area contributed by atoms with Crippen LogP contribution in [0.15, 0.2) is 54.1 Å². The lowest BCUT2D eigenvalue weighted by atomic mass is 9.43. The number of benzene rings is 2. The Labute approximate surface area is 295 Å². The molecule has 0 unspecified atom stereocenters. The van der Waals surface area contributed by atoms with Gasteiger partial charge in [0.1, 0.15) is 11.2 Å². The van der Waals surface area contributed by atoms with E-state index in [0.29, 0.717) is 46.2 Å². The van der Waals surface area contributed by atoms with Crippen molar-refractivity contribution in [2.75, 3.05) is 12.4 Å². The first-order chi connectivity index (χ1) is 23.3. The van der Waals surface area contributed by atoms with Gasteiger partial charge < -0.3 is 24.6 Å². The van der Waals surface area contributed by atoms with Crippen molar-refractivity contribution in [3.63, 3.8) is 0 Å². The van der Waals surface area contributed by atoms with Crippen molar-refractivity contribution in [2.45, 2.75) is 88.9 Å². The molecule has 4 aliphatic carbocycles. The summed E-state index contributed by atoms with van der Waals surface area (Å²) >= 11 is 12.1. The van der Waals surface area contributed by atoms with E-state index in [2.05, 4.69) is 19.2 Å². The number of esters is 2. The topological polar surface area (TPSA) is 132 Å². The number of halogens is 2. The summed E-state index contributed by atoms with van der Waals surface area (Å²) in [5.41, 5.74) is 1.75. The normalized spacial score (nSPS) is 36.6. The van der Waals surface area contributed by atoms with Gasteiger partial charge in [-0.1, -0.05) is 66.9 Å². The maximum Gasteiger partial charge on any atom is 0.309 e. The van der Waals surface area contributed by atoms with Crippen LogP contribution in [0, 0.1) is 28.6 Å². The summed E-state index contributed by atoms with van der Waals surface area (Å²) < 4.78 is 17.9. The lowest BCUT2D eigenvalue weighted by molar-refractivity contribution is -0.172. The zero-order valence-electron chi connectivity index (χ0n) is 27.9. The van der Waals surface area contributed by atoms with Crippen molar-refractivity contribution in [1.29, 1.82) is 0 Å². The van der Waals surface area contributed by atoms with Crippen molar-refractivity contribution >= 4 is 58.3 Å². The quantitative estimate of drug-likeness (QED) is 0.239. The van der Waals surface area contributed by atoms with Crippen molar-refractivity contribution < 1.29 is 38.5 Å². The van der Waals surface area contributed by atoms with Gasteiger partial charge in [-0.3, -0.25) is 19.2 Å². The highest BCUT2D eigenvalue weighted by Gasteiger charge is 2.83. The summed E-state index contributed by atoms with van der Waals surface area (Å²) in [5, 5.41) is 12.9. The Kier molecular flexibility index (Phi) is 8.43. The fourth-order valence-corrected chi connectivity index (χ4v) is 10.9. The first kappa shape index (κ1) is 34.1. The summed E-state index contributed by atoms with van der Waals surface area (Å²) in [7, 11) is 1.45. The zero-order valence-corrected chi connectivity index (χ0v) is 29.4. The molecular formula is C38H41Cl2NO8. The Balaban J connectivity index is 0.000000172. The van der Waals surface area contributed by atoms with Gasteiger partial charge in [0.2, 0.25) is 0 Å². The monoisotopic (exact) mass is 709 g/mol. The number of hydrogen-bond donors (Lipinski definition) is 2. The third kappa shape index (κ3) is 5.21. The van der Waals surface area contributed by atoms with E-state index in [1.165, 1.54) is 7.11 Å². The Morgan fingerprint density at radius 2 is 1.76 bits per heavy atom. The number of carbonyl (C=O) groups is 4. The number of aliphatic carboxylic acids is 1. The summed E-state index contributed by atoms with van der Waals surface area (Å²) in [4.78, 5) is 48.2. The second-order valence-electron chi connectivity index (χ2n) is 14.9. The number of rotatable bonds is 5. The molecular weight excluding hydrogens is 669 g/mol. The van der Waals surface area contributed by atoms with Crippen LogP contribution < -0.4 is 5.32 Å². The number of epoxide rings is 1. The van der Waals surface area contributed by atoms with Crippen molar-refractivity contribution in [1.82, 2.24) is 0 Å². The highest BCUT2D eigenvalue weighted by molar-refractivity contribution is 6.39. The van der Waals surface area contributed by atoms with Gasteiger partial charge in [-0.2, -0.15) is 0 Å². The van der Waals surface area contributed by atoms with Gasteiger partial charge in [-0.25, -0.2) is 0 Å². The van der Waals surface area contributed by atoms with Crippen LogP contribution in [0.4, 0.5) is 11.4 Å². The summed E-state index contributed by atoms with van der Waals surface area (Å²) in [6.07, 6.45) is 7.55. The van der Waals surface area contributed by atoms with E-state index in [9.17, 15) is 19.2 Å². The molecule has 2 aromatic carbocycles. The first-order valence-corrected chi connectivity index (χ1v) is 17.8. The summed E-state index contributed by atoms with van der Waals surface area (Å²) in [6.45, 7) is 4.51. The molecule has 2 aliphatic heterocycles. The van der Waals surface area contributed by atoms with E-state index in [1.807, 2.05) is 6.07 Å². The maximum atomic E-state index is 13.0. The predicted molar refractivity (Wildman–Crippen MR) is 183 cm³/mol. The fourth-order valence-electron chi connectivity index (χ4n) is 10.4. The van der Waals surface area contributed by atoms with Crippen LogP contribution in [0.2, 0.25) is 10.0 Å². The van der Waals surface area contributed by atoms with Gasteiger partial charge in [-0.05, 0) is 74.3 Å². The van der Waals surface area contributed by atoms with Crippen LogP contribution in [0.3, 0.4) is 0 Å². The zero-order chi connectivity index (χ0) is 34.9. The second kappa shape index (κ2) is 12.1. The Morgan fingerprint density at radius 1 is 1.02 bits per heavy atom. The number of ketones is 1. The van der Waals surface area contributed by atoms with Crippen LogP contribution in [-0.2, 0) is 39.8 Å². The van der Waals surface area contributed by atoms with Crippen LogP contribution in [-0.4, -0.2) is 53.2 Å². The van der Waals surface area contributed by atoms with Crippen LogP contribution in [0.1, 0.15) is 70.8 Å². The van der Waals surface area contributed by atoms with Crippen molar-refractivity contribution in [3.8, 4) is 0 Å². The van der Waals surface area contributed by atoms with Crippen LogP contribution in [0.5, 0.6) is 0 Å². The molecule has 0 amide bonds. The first-order valence-electron chi connectivity index (χ1n) is 17.0. The molecule has 11 heteroatoms. The van der Waals surface area contributed by atoms with Crippen LogP contribution >= 0.6 is 23.2 Å². The molecule has 2 spiro atoms. The molecule has 8 atom stereocenters. The molecule has 5 fully saturated rings. The number of anilines is 2. The SMILES string of the molecule is COC(=O)[C@@H]1CC2=CC(=O)CC[C@]2(C)[C@@]23O[C@@H]2C[C@@]2(C)[C@@H](CC[C@@]24CCC(=O)O4)[C@H]13.O=C(O)Cc1ccccc1Nc1c(Cl)cccc1Cl. The summed E-state index contributed by atoms with van der Waals surface area (Å²) in [5.74, 6) is -1.09. The number of nitrogens with one attached hydrogen (secondary N) is 1. The minimum Gasteiger partial charge on any atom is -0.481 e. The number of carboxylic acid groups (broad SMARTS) is 1. The molecule has 2 aromatic rings. The van der Waals surface area contributed by atoms with E-state index in [0.717, 1.165) is 37.7 Å². The molecule has 0 bridgehead atoms. The third-order valence-corrected chi connectivity index (χ3v) is 13.4. The Hall–Kier alpha value is -3.40. The molecule has 2 saturated heterocycles. The molecule has 260 valence electrons. The molecule has 8 rings (SSSR count). The number of hydrogen-bond acceptors (Lipinski definition) is 8. The number of carbonyl (C=O) groups excluding carboxylic acids is 3. The predicted octanol–water partition coefficient (Wildman–Crippen LogP) is 7.49. The number of fused-ring (bicyclic) bond motifs is 4. The average Bonchev–Trinajstić information content (AvgIpc) is 3.55. The number of carboxylic acids is 1. The van der Waals surface area contributed by atoms with Gasteiger partial charge in [-0.15, -0.1) is 0 Å². The maximum absolute atomic E-state index is 13.0. The molecule has 0 radical (unpaired) electrons. The lowest BCUT2D eigenvalue weighted by Crippen LogP contribution is -2.63. The van der Waals surface area contributed by atoms with Gasteiger partial charge in [0.15, 0.2) is 5.78 Å². The largest absolute Gasteiger partial charge is 0.481 e. The van der Waals surface area contributed by atoms with Gasteiger partial charge in [0.25, 0.3) is 0 Å². The Bertz CT molecular complexity index is 1760. The van der Waals surface area contributed by atoms with Crippen LogP contribution in [0.25, 0.3) is 0 Å². The molecule has 49 heavy (non-hydrogen) atoms. The standard InChI is InChI=1S/C24H30O6.C14H11Cl2NO2/c1-21-7-4-14(25)10-13(21)11-15(20(27)28-3)19-16-5-8-23(9-6-18(26)30-23)22(16,2)12-17-24(19,21)29-17;15-10-5-3-6-11(16)14(10)17-12-7-2-1-4-9(12)8-13(18)19/h10,15-17,19H,4-9,11-12H2,1-3H3;1-7,17H,8H2,(H,18,19)/t15-,16+,17-,19+,21+,22+,23-,24-;/m1./s1. The highest BCUT2D eigenvalue weighted by Crippen LogP contribution is 2.78. The van der Waals surface area contributed by atoms with Gasteiger partial charge in [0, 0.05) is 35.3 Å². The third-order valence-electron chi connectivity index (χ3n) is 12.8. The van der Waals surface area contributed by atoms with Gasteiger partial charge in [0.05, 0.1) is 41.3 Å². The summed E-state index contributed by atoms with van der Waals surface area (Å²) in [6, 6.07) is 12.3. The van der Waals surface area contributed by atoms with E-state index in [-0.39, 0.29) is 58.8 Å². The molecule has 2 N–H and O–H groups in total. The molecule has 6 aliphatic rings. The second-order valence-corrected chi connectivity index (χ2v) is 15.7. The minimum absolute atomic E-state index is 0.0303. The average molecular weight is 711 g/mol. The molecule has 2 heterocycles. The smallest absolute Gasteiger partial charge is 0.309 e. The Morgan fingerprint density at radius 3 is 2.43 bits per heavy atom. The lowest BCUT2D eigenvalue weighted by Gasteiger charge is -2.58. The van der Waals surface area contributed by atoms with E-state index >= 15 is 0 Å². The van der Waals surface area contributed by atoms with Crippen molar-refractivity contribution in [2.24, 2.45) is 28.6 Å². The van der Waals surface area contributed by atoms with E-state index < -0.39 is 17.2 Å². The van der Waals surface area contributed by atoms with E-state index in [4.69, 9.17) is 42.5 Å². The van der Waals surface area contributed by atoms with Gasteiger partial charge >= 0.3 is 17.9 Å². The fraction of sp³-hybridized carbons (Fsp3) is 0.526. The molecule has 9 nitrogen and oxygen atoms in total. The molecule has 3 saturated carbocycles. The van der Waals surface area contributed by atoms with Crippen molar-refractivity contribution in [3.05, 3.63) is 69.7 Å². The van der Waals surface area contributed by atoms with E-state index in [1.54, 1.807) is 42.5 Å². The number of para-hydroxylation sites is 2. The molecule has 0 aromatic heterocycles. The minimum atomic E-state index is -0.889. The highest BCUT2D eigenvalue weighted by atomic mass is 35.5. The number of methoxy groups -OCH3 is 1.